The monoisotopic (exact) mass is 292 g/mol. The van der Waals surface area contributed by atoms with Crippen molar-refractivity contribution in [3.63, 3.8) is 0 Å². The molecule has 0 unspecified atom stereocenters. The molecule has 0 bridgehead atoms. The minimum atomic E-state index is -0.515. The second-order valence-electron chi connectivity index (χ2n) is 4.49. The van der Waals surface area contributed by atoms with E-state index in [2.05, 4.69) is 0 Å². The average Bonchev–Trinajstić information content (AvgIpc) is 2.45. The molecule has 0 radical (unpaired) electrons. The Kier molecular flexibility index (Phi) is 4.88. The fourth-order valence-corrected chi connectivity index (χ4v) is 2.08. The lowest BCUT2D eigenvalue weighted by Crippen LogP contribution is -1.99. The van der Waals surface area contributed by atoms with Crippen molar-refractivity contribution < 1.29 is 14.6 Å². The highest BCUT2D eigenvalue weighted by Gasteiger charge is 2.06. The van der Waals surface area contributed by atoms with E-state index in [9.17, 15) is 5.11 Å². The molecule has 1 N–H and O–H groups in total. The van der Waals surface area contributed by atoms with Gasteiger partial charge in [-0.05, 0) is 42.8 Å². The molecule has 0 aliphatic heterocycles. The van der Waals surface area contributed by atoms with Gasteiger partial charge in [0.2, 0.25) is 0 Å². The fourth-order valence-electron chi connectivity index (χ4n) is 1.89. The molecule has 2 aromatic carbocycles. The van der Waals surface area contributed by atoms with Gasteiger partial charge in [-0.2, -0.15) is 0 Å². The van der Waals surface area contributed by atoms with Crippen LogP contribution in [0.25, 0.3) is 0 Å². The molecule has 0 fully saturated rings. The Hall–Kier alpha value is -1.71. The number of halogens is 1. The number of hydrogen-bond donors (Lipinski definition) is 1. The summed E-state index contributed by atoms with van der Waals surface area (Å²) in [6.45, 7) is 2.08. The Balaban J connectivity index is 2.12. The first-order valence-electron chi connectivity index (χ1n) is 6.33. The minimum absolute atomic E-state index is 0.354. The molecular weight excluding hydrogens is 276 g/mol. The molecular formula is C16H17ClO3. The molecule has 0 saturated carbocycles. The number of methoxy groups -OCH3 is 1. The van der Waals surface area contributed by atoms with Gasteiger partial charge in [-0.25, -0.2) is 0 Å². The standard InChI is InChI=1S/C16H17ClO3/c1-11(18)12-4-3-5-15(9-12)20-10-13-8-14(17)6-7-16(13)19-2/h3-9,11,18H,10H2,1-2H3/t11-/m1/s1. The summed E-state index contributed by atoms with van der Waals surface area (Å²) in [5.41, 5.74) is 1.70. The highest BCUT2D eigenvalue weighted by Crippen LogP contribution is 2.25. The van der Waals surface area contributed by atoms with Gasteiger partial charge in [0, 0.05) is 10.6 Å². The molecule has 0 heterocycles. The summed E-state index contributed by atoms with van der Waals surface area (Å²) in [5.74, 6) is 1.44. The molecule has 2 aromatic rings. The number of ether oxygens (including phenoxy) is 2. The van der Waals surface area contributed by atoms with E-state index in [1.807, 2.05) is 36.4 Å². The second-order valence-corrected chi connectivity index (χ2v) is 4.93. The van der Waals surface area contributed by atoms with E-state index in [-0.39, 0.29) is 0 Å². The van der Waals surface area contributed by atoms with Crippen molar-refractivity contribution in [3.8, 4) is 11.5 Å². The van der Waals surface area contributed by atoms with E-state index in [4.69, 9.17) is 21.1 Å². The zero-order chi connectivity index (χ0) is 14.5. The van der Waals surface area contributed by atoms with E-state index in [0.717, 1.165) is 16.9 Å². The highest BCUT2D eigenvalue weighted by molar-refractivity contribution is 6.30. The van der Waals surface area contributed by atoms with Gasteiger partial charge in [0.15, 0.2) is 0 Å². The van der Waals surface area contributed by atoms with E-state index in [0.29, 0.717) is 17.4 Å². The maximum absolute atomic E-state index is 9.56. The Morgan fingerprint density at radius 3 is 2.70 bits per heavy atom. The molecule has 2 rings (SSSR count). The molecule has 0 spiro atoms. The number of rotatable bonds is 5. The zero-order valence-corrected chi connectivity index (χ0v) is 12.2. The normalized spacial score (nSPS) is 12.0. The molecule has 1 atom stereocenters. The molecule has 3 nitrogen and oxygen atoms in total. The van der Waals surface area contributed by atoms with Gasteiger partial charge in [-0.3, -0.25) is 0 Å². The van der Waals surface area contributed by atoms with Crippen molar-refractivity contribution in [3.05, 3.63) is 58.6 Å². The zero-order valence-electron chi connectivity index (χ0n) is 11.5. The van der Waals surface area contributed by atoms with Gasteiger partial charge in [-0.15, -0.1) is 0 Å². The van der Waals surface area contributed by atoms with E-state index < -0.39 is 6.10 Å². The van der Waals surface area contributed by atoms with Gasteiger partial charge in [0.05, 0.1) is 13.2 Å². The van der Waals surface area contributed by atoms with Crippen molar-refractivity contribution in [2.45, 2.75) is 19.6 Å². The Morgan fingerprint density at radius 1 is 1.20 bits per heavy atom. The third kappa shape index (κ3) is 3.65. The van der Waals surface area contributed by atoms with Crippen molar-refractivity contribution in [2.24, 2.45) is 0 Å². The van der Waals surface area contributed by atoms with Crippen molar-refractivity contribution in [2.75, 3.05) is 7.11 Å². The van der Waals surface area contributed by atoms with Crippen LogP contribution < -0.4 is 9.47 Å². The molecule has 20 heavy (non-hydrogen) atoms. The number of aliphatic hydroxyl groups is 1. The van der Waals surface area contributed by atoms with Gasteiger partial charge >= 0.3 is 0 Å². The maximum Gasteiger partial charge on any atom is 0.125 e. The Bertz CT molecular complexity index is 582. The summed E-state index contributed by atoms with van der Waals surface area (Å²) >= 11 is 5.98. The first-order valence-corrected chi connectivity index (χ1v) is 6.71. The fraction of sp³-hybridized carbons (Fsp3) is 0.250. The molecule has 0 aliphatic carbocycles. The Labute approximate surface area is 123 Å². The minimum Gasteiger partial charge on any atom is -0.496 e. The van der Waals surface area contributed by atoms with Gasteiger partial charge < -0.3 is 14.6 Å². The number of aliphatic hydroxyl groups excluding tert-OH is 1. The summed E-state index contributed by atoms with van der Waals surface area (Å²) in [5, 5.41) is 10.2. The van der Waals surface area contributed by atoms with Crippen LogP contribution in [-0.4, -0.2) is 12.2 Å². The van der Waals surface area contributed by atoms with Crippen LogP contribution in [0.15, 0.2) is 42.5 Å². The third-order valence-electron chi connectivity index (χ3n) is 2.98. The van der Waals surface area contributed by atoms with Crippen molar-refractivity contribution in [1.82, 2.24) is 0 Å². The Morgan fingerprint density at radius 2 is 2.00 bits per heavy atom. The van der Waals surface area contributed by atoms with E-state index in [1.54, 1.807) is 20.1 Å². The summed E-state index contributed by atoms with van der Waals surface area (Å²) < 4.78 is 11.0. The van der Waals surface area contributed by atoms with Crippen LogP contribution >= 0.6 is 11.6 Å². The summed E-state index contributed by atoms with van der Waals surface area (Å²) in [4.78, 5) is 0. The second kappa shape index (κ2) is 6.64. The number of benzene rings is 2. The molecule has 0 amide bonds. The molecule has 0 aromatic heterocycles. The lowest BCUT2D eigenvalue weighted by Gasteiger charge is -2.12. The predicted molar refractivity (Wildman–Crippen MR) is 79.4 cm³/mol. The summed E-state index contributed by atoms with van der Waals surface area (Å²) in [6.07, 6.45) is -0.515. The van der Waals surface area contributed by atoms with Crippen LogP contribution in [0.2, 0.25) is 5.02 Å². The van der Waals surface area contributed by atoms with Crippen LogP contribution in [0.1, 0.15) is 24.2 Å². The lowest BCUT2D eigenvalue weighted by atomic mass is 10.1. The molecule has 4 heteroatoms. The largest absolute Gasteiger partial charge is 0.496 e. The highest BCUT2D eigenvalue weighted by atomic mass is 35.5. The predicted octanol–water partition coefficient (Wildman–Crippen LogP) is 3.98. The maximum atomic E-state index is 9.56. The van der Waals surface area contributed by atoms with Crippen molar-refractivity contribution >= 4 is 11.6 Å². The average molecular weight is 293 g/mol. The molecule has 0 aliphatic rings. The lowest BCUT2D eigenvalue weighted by molar-refractivity contribution is 0.198. The molecule has 0 saturated heterocycles. The topological polar surface area (TPSA) is 38.7 Å². The van der Waals surface area contributed by atoms with Crippen LogP contribution in [0.5, 0.6) is 11.5 Å². The van der Waals surface area contributed by atoms with Crippen LogP contribution in [-0.2, 0) is 6.61 Å². The molecule has 106 valence electrons. The summed E-state index contributed by atoms with van der Waals surface area (Å²) in [6, 6.07) is 12.8. The smallest absolute Gasteiger partial charge is 0.125 e. The van der Waals surface area contributed by atoms with Crippen LogP contribution in [0.3, 0.4) is 0 Å². The van der Waals surface area contributed by atoms with Crippen molar-refractivity contribution in [1.29, 1.82) is 0 Å². The quantitative estimate of drug-likeness (QED) is 0.906. The van der Waals surface area contributed by atoms with Gasteiger partial charge in [-0.1, -0.05) is 23.7 Å². The third-order valence-corrected chi connectivity index (χ3v) is 3.21. The SMILES string of the molecule is COc1ccc(Cl)cc1COc1cccc([C@@H](C)O)c1. The summed E-state index contributed by atoms with van der Waals surface area (Å²) in [7, 11) is 1.61. The van der Waals surface area contributed by atoms with E-state index >= 15 is 0 Å². The van der Waals surface area contributed by atoms with Gasteiger partial charge in [0.1, 0.15) is 18.1 Å². The van der Waals surface area contributed by atoms with E-state index in [1.165, 1.54) is 0 Å². The first-order chi connectivity index (χ1) is 9.60. The van der Waals surface area contributed by atoms with Gasteiger partial charge in [0.25, 0.3) is 0 Å². The number of hydrogen-bond acceptors (Lipinski definition) is 3. The first kappa shape index (κ1) is 14.7. The van der Waals surface area contributed by atoms with Crippen LogP contribution in [0, 0.1) is 0 Å². The van der Waals surface area contributed by atoms with Crippen LogP contribution in [0.4, 0.5) is 0 Å².